The molecule has 29 heavy (non-hydrogen) atoms. The summed E-state index contributed by atoms with van der Waals surface area (Å²) in [6, 6.07) is 10.3. The van der Waals surface area contributed by atoms with Crippen molar-refractivity contribution in [1.82, 2.24) is 5.32 Å². The van der Waals surface area contributed by atoms with E-state index in [0.717, 1.165) is 0 Å². The molecule has 0 bridgehead atoms. The van der Waals surface area contributed by atoms with Gasteiger partial charge in [0, 0.05) is 28.6 Å². The van der Waals surface area contributed by atoms with Crippen LogP contribution in [0.15, 0.2) is 76.6 Å². The van der Waals surface area contributed by atoms with Crippen LogP contribution in [0.1, 0.15) is 15.9 Å². The van der Waals surface area contributed by atoms with E-state index >= 15 is 0 Å². The molecule has 0 aliphatic heterocycles. The number of allylic oxidation sites excluding steroid dienone is 4. The van der Waals surface area contributed by atoms with E-state index < -0.39 is 17.7 Å². The van der Waals surface area contributed by atoms with Crippen molar-refractivity contribution in [2.75, 3.05) is 7.05 Å². The predicted molar refractivity (Wildman–Crippen MR) is 111 cm³/mol. The van der Waals surface area contributed by atoms with Gasteiger partial charge in [-0.15, -0.1) is 0 Å². The van der Waals surface area contributed by atoms with Gasteiger partial charge in [0.25, 0.3) is 5.91 Å². The molecule has 3 N–H and O–H groups in total. The van der Waals surface area contributed by atoms with Crippen LogP contribution in [0.2, 0.25) is 0 Å². The number of hydrogen-bond acceptors (Lipinski definition) is 3. The maximum absolute atomic E-state index is 14.0. The highest BCUT2D eigenvalue weighted by Gasteiger charge is 2.22. The van der Waals surface area contributed by atoms with Crippen molar-refractivity contribution in [3.8, 4) is 11.3 Å². The molecule has 2 aromatic carbocycles. The molecule has 0 radical (unpaired) electrons. The lowest BCUT2D eigenvalue weighted by Crippen LogP contribution is -2.18. The highest BCUT2D eigenvalue weighted by atomic mass is 35.5. The molecular weight excluding hydrogens is 398 g/mol. The van der Waals surface area contributed by atoms with Gasteiger partial charge in [-0.25, -0.2) is 4.39 Å². The first-order chi connectivity index (χ1) is 13.8. The summed E-state index contributed by atoms with van der Waals surface area (Å²) in [6.07, 6.45) is 2.69. The third-order valence-electron chi connectivity index (χ3n) is 4.29. The molecule has 3 rings (SSSR count). The Bertz CT molecular complexity index is 1160. The predicted octanol–water partition coefficient (Wildman–Crippen LogP) is 5.50. The number of carbonyl (C=O) groups is 1. The summed E-state index contributed by atoms with van der Waals surface area (Å²) < 4.78 is 33.1. The van der Waals surface area contributed by atoms with Crippen molar-refractivity contribution in [2.45, 2.75) is 0 Å². The molecule has 1 amide bonds. The fourth-order valence-corrected chi connectivity index (χ4v) is 3.02. The maximum Gasteiger partial charge on any atom is 0.255 e. The first kappa shape index (κ1) is 20.4. The van der Waals surface area contributed by atoms with Crippen LogP contribution in [0, 0.1) is 5.82 Å². The van der Waals surface area contributed by atoms with Crippen molar-refractivity contribution in [3.05, 3.63) is 89.1 Å². The molecule has 0 unspecified atom stereocenters. The van der Waals surface area contributed by atoms with E-state index in [9.17, 15) is 13.6 Å². The molecule has 4 nitrogen and oxygen atoms in total. The zero-order valence-electron chi connectivity index (χ0n) is 15.4. The number of carbonyl (C=O) groups excluding carboxylic acids is 1. The lowest BCUT2D eigenvalue weighted by molar-refractivity contribution is 0.0964. The molecule has 0 fully saturated rings. The minimum atomic E-state index is -0.937. The normalized spacial score (nSPS) is 12.6. The van der Waals surface area contributed by atoms with Crippen LogP contribution in [-0.4, -0.2) is 13.0 Å². The molecule has 0 aliphatic rings. The molecule has 1 heterocycles. The fraction of sp³-hybridized carbons (Fsp3) is 0.0455. The molecule has 0 saturated heterocycles. The minimum Gasteiger partial charge on any atom is -0.455 e. The summed E-state index contributed by atoms with van der Waals surface area (Å²) in [5.41, 5.74) is 7.00. The van der Waals surface area contributed by atoms with Crippen LogP contribution >= 0.6 is 11.6 Å². The quantitative estimate of drug-likeness (QED) is 0.427. The van der Waals surface area contributed by atoms with Gasteiger partial charge in [0.2, 0.25) is 0 Å². The molecule has 7 heteroatoms. The average molecular weight is 415 g/mol. The van der Waals surface area contributed by atoms with E-state index in [-0.39, 0.29) is 21.9 Å². The Hall–Kier alpha value is -3.38. The van der Waals surface area contributed by atoms with Crippen molar-refractivity contribution in [3.63, 3.8) is 0 Å². The first-order valence-electron chi connectivity index (χ1n) is 8.55. The number of nitrogens with one attached hydrogen (secondary N) is 1. The number of amides is 1. The Kier molecular flexibility index (Phi) is 5.84. The number of halogens is 3. The Balaban J connectivity index is 2.27. The van der Waals surface area contributed by atoms with Crippen molar-refractivity contribution in [2.24, 2.45) is 5.73 Å². The van der Waals surface area contributed by atoms with Gasteiger partial charge in [0.15, 0.2) is 5.95 Å². The van der Waals surface area contributed by atoms with Crippen molar-refractivity contribution >= 4 is 34.1 Å². The maximum atomic E-state index is 14.0. The highest BCUT2D eigenvalue weighted by Crippen LogP contribution is 2.36. The van der Waals surface area contributed by atoms with Crippen LogP contribution in [0.25, 0.3) is 27.9 Å². The van der Waals surface area contributed by atoms with Gasteiger partial charge >= 0.3 is 0 Å². The Morgan fingerprint density at radius 3 is 2.52 bits per heavy atom. The Morgan fingerprint density at radius 1 is 1.24 bits per heavy atom. The summed E-state index contributed by atoms with van der Waals surface area (Å²) in [7, 11) is 1.48. The van der Waals surface area contributed by atoms with Gasteiger partial charge in [0.1, 0.15) is 17.2 Å². The van der Waals surface area contributed by atoms with Gasteiger partial charge < -0.3 is 15.5 Å². The van der Waals surface area contributed by atoms with E-state index in [1.165, 1.54) is 43.5 Å². The average Bonchev–Trinajstić information content (AvgIpc) is 3.10. The van der Waals surface area contributed by atoms with Crippen molar-refractivity contribution in [1.29, 1.82) is 0 Å². The van der Waals surface area contributed by atoms with Gasteiger partial charge in [0.05, 0.1) is 5.56 Å². The Morgan fingerprint density at radius 2 is 1.93 bits per heavy atom. The molecule has 3 aromatic rings. The standard InChI is InChI=1S/C22H17ClF2N2O2/c1-3-14(23)11-16(21(25)26)13-6-9-18-17(10-13)19(22(28)27-2)20(29-18)12-4-7-15(24)8-5-12/h3-11H,1,26H2,2H3,(H,27,28)/b14-11+,21-16+. The Labute approximate surface area is 171 Å². The zero-order valence-corrected chi connectivity index (χ0v) is 16.2. The summed E-state index contributed by atoms with van der Waals surface area (Å²) in [5, 5.41) is 3.21. The lowest BCUT2D eigenvalue weighted by Gasteiger charge is -2.05. The number of furan rings is 1. The monoisotopic (exact) mass is 414 g/mol. The van der Waals surface area contributed by atoms with Crippen LogP contribution in [-0.2, 0) is 0 Å². The molecule has 148 valence electrons. The third-order valence-corrected chi connectivity index (χ3v) is 4.56. The highest BCUT2D eigenvalue weighted by molar-refractivity contribution is 6.31. The second kappa shape index (κ2) is 8.32. The van der Waals surface area contributed by atoms with E-state index in [4.69, 9.17) is 21.8 Å². The summed E-state index contributed by atoms with van der Waals surface area (Å²) in [4.78, 5) is 12.6. The number of hydrogen-bond donors (Lipinski definition) is 2. The molecular formula is C22H17ClF2N2O2. The molecule has 0 spiro atoms. The lowest BCUT2D eigenvalue weighted by atomic mass is 10.00. The summed E-state index contributed by atoms with van der Waals surface area (Å²) in [6.45, 7) is 3.53. The van der Waals surface area contributed by atoms with Gasteiger partial charge in [-0.3, -0.25) is 4.79 Å². The molecule has 1 aromatic heterocycles. The third kappa shape index (κ3) is 4.07. The van der Waals surface area contributed by atoms with Crippen molar-refractivity contribution < 1.29 is 18.0 Å². The summed E-state index contributed by atoms with van der Waals surface area (Å²) >= 11 is 5.95. The molecule has 0 atom stereocenters. The van der Waals surface area contributed by atoms with Crippen LogP contribution in [0.3, 0.4) is 0 Å². The largest absolute Gasteiger partial charge is 0.455 e. The molecule has 0 saturated carbocycles. The SMILES string of the molecule is C=C/C(Cl)=C\C(=C(/N)F)c1ccc2oc(-c3ccc(F)cc3)c(C(=O)NC)c2c1. The number of fused-ring (bicyclic) bond motifs is 1. The summed E-state index contributed by atoms with van der Waals surface area (Å²) in [5.74, 6) is -1.48. The minimum absolute atomic E-state index is 0.0455. The number of nitrogens with two attached hydrogens (primary N) is 1. The molecule has 0 aliphatic carbocycles. The number of benzene rings is 2. The van der Waals surface area contributed by atoms with E-state index in [2.05, 4.69) is 11.9 Å². The van der Waals surface area contributed by atoms with E-state index in [1.54, 1.807) is 18.2 Å². The second-order valence-electron chi connectivity index (χ2n) is 6.10. The number of rotatable bonds is 5. The van der Waals surface area contributed by atoms with Gasteiger partial charge in [-0.1, -0.05) is 30.3 Å². The van der Waals surface area contributed by atoms with Crippen LogP contribution < -0.4 is 11.1 Å². The van der Waals surface area contributed by atoms with E-state index in [0.29, 0.717) is 22.1 Å². The second-order valence-corrected chi connectivity index (χ2v) is 6.53. The van der Waals surface area contributed by atoms with Crippen LogP contribution in [0.5, 0.6) is 0 Å². The fourth-order valence-electron chi connectivity index (χ4n) is 2.91. The topological polar surface area (TPSA) is 68.3 Å². The van der Waals surface area contributed by atoms with Gasteiger partial charge in [-0.2, -0.15) is 4.39 Å². The van der Waals surface area contributed by atoms with Crippen LogP contribution in [0.4, 0.5) is 8.78 Å². The smallest absolute Gasteiger partial charge is 0.255 e. The zero-order chi connectivity index (χ0) is 21.1. The van der Waals surface area contributed by atoms with Gasteiger partial charge in [-0.05, 0) is 48.0 Å². The van der Waals surface area contributed by atoms with E-state index in [1.807, 2.05) is 0 Å². The first-order valence-corrected chi connectivity index (χ1v) is 8.93.